The lowest BCUT2D eigenvalue weighted by Gasteiger charge is -2.22. The van der Waals surface area contributed by atoms with Crippen LogP contribution in [0.1, 0.15) is 19.3 Å². The summed E-state index contributed by atoms with van der Waals surface area (Å²) in [4.78, 5) is 10.2. The van der Waals surface area contributed by atoms with Gasteiger partial charge in [0.15, 0.2) is 0 Å². The van der Waals surface area contributed by atoms with Gasteiger partial charge in [-0.05, 0) is 25.9 Å². The Morgan fingerprint density at radius 1 is 0.905 bits per heavy atom. The average molecular weight is 305 g/mol. The molecular formula is C14H27NO6. The van der Waals surface area contributed by atoms with E-state index in [9.17, 15) is 4.79 Å². The first-order chi connectivity index (χ1) is 10.3. The Kier molecular flexibility index (Phi) is 11.3. The van der Waals surface area contributed by atoms with E-state index in [1.807, 2.05) is 0 Å². The van der Waals surface area contributed by atoms with Crippen LogP contribution in [0.25, 0.3) is 0 Å². The van der Waals surface area contributed by atoms with Gasteiger partial charge in [0, 0.05) is 0 Å². The normalized spacial score (nSPS) is 16.2. The molecule has 0 atom stereocenters. The molecule has 0 aromatic rings. The largest absolute Gasteiger partial charge is 0.481 e. The molecular weight excluding hydrogens is 278 g/mol. The maximum atomic E-state index is 10.2. The quantitative estimate of drug-likeness (QED) is 0.473. The Bertz CT molecular complexity index is 258. The van der Waals surface area contributed by atoms with Crippen molar-refractivity contribution < 1.29 is 28.8 Å². The second-order valence-corrected chi connectivity index (χ2v) is 4.80. The van der Waals surface area contributed by atoms with E-state index in [1.54, 1.807) is 0 Å². The smallest absolute Gasteiger partial charge is 0.305 e. The third-order valence-electron chi connectivity index (χ3n) is 3.07. The van der Waals surface area contributed by atoms with Crippen molar-refractivity contribution >= 4 is 5.97 Å². The molecule has 124 valence electrons. The maximum Gasteiger partial charge on any atom is 0.305 e. The van der Waals surface area contributed by atoms with Crippen LogP contribution < -0.4 is 5.32 Å². The molecule has 0 spiro atoms. The molecule has 0 aliphatic carbocycles. The molecule has 1 aliphatic rings. The summed E-state index contributed by atoms with van der Waals surface area (Å²) in [6, 6.07) is 0. The van der Waals surface area contributed by atoms with Gasteiger partial charge in [-0.15, -0.1) is 0 Å². The van der Waals surface area contributed by atoms with Gasteiger partial charge in [-0.25, -0.2) is 0 Å². The van der Waals surface area contributed by atoms with Crippen LogP contribution in [0.2, 0.25) is 0 Å². The zero-order valence-electron chi connectivity index (χ0n) is 12.6. The highest BCUT2D eigenvalue weighted by Gasteiger charge is 2.12. The molecule has 1 saturated heterocycles. The molecule has 1 fully saturated rings. The van der Waals surface area contributed by atoms with Crippen molar-refractivity contribution in [2.24, 2.45) is 0 Å². The van der Waals surface area contributed by atoms with Crippen molar-refractivity contribution in [1.29, 1.82) is 0 Å². The number of rotatable bonds is 13. The monoisotopic (exact) mass is 305 g/mol. The number of carboxylic acid groups (broad SMARTS) is 1. The van der Waals surface area contributed by atoms with Gasteiger partial charge < -0.3 is 29.4 Å². The molecule has 1 rings (SSSR count). The minimum absolute atomic E-state index is 0.0279. The summed E-state index contributed by atoms with van der Waals surface area (Å²) in [6.07, 6.45) is 2.55. The molecule has 0 aromatic carbocycles. The summed E-state index contributed by atoms with van der Waals surface area (Å²) < 4.78 is 21.5. The minimum Gasteiger partial charge on any atom is -0.481 e. The van der Waals surface area contributed by atoms with Crippen LogP contribution in [-0.2, 0) is 23.7 Å². The van der Waals surface area contributed by atoms with Crippen LogP contribution in [0.15, 0.2) is 0 Å². The van der Waals surface area contributed by atoms with Gasteiger partial charge in [-0.1, -0.05) is 0 Å². The molecule has 0 unspecified atom stereocenters. The topological polar surface area (TPSA) is 86.3 Å². The van der Waals surface area contributed by atoms with E-state index in [-0.39, 0.29) is 13.0 Å². The first-order valence-corrected chi connectivity index (χ1v) is 7.56. The summed E-state index contributed by atoms with van der Waals surface area (Å²) in [6.45, 7) is 5.41. The summed E-state index contributed by atoms with van der Waals surface area (Å²) in [5.74, 6) is -0.851. The van der Waals surface area contributed by atoms with Crippen LogP contribution in [0.4, 0.5) is 0 Å². The highest BCUT2D eigenvalue weighted by atomic mass is 16.6. The Balaban J connectivity index is 1.71. The number of aliphatic carboxylic acids is 1. The van der Waals surface area contributed by atoms with Gasteiger partial charge in [-0.2, -0.15) is 0 Å². The second kappa shape index (κ2) is 13.0. The predicted molar refractivity (Wildman–Crippen MR) is 76.6 cm³/mol. The van der Waals surface area contributed by atoms with Gasteiger partial charge in [0.1, 0.15) is 0 Å². The van der Waals surface area contributed by atoms with Gasteiger partial charge >= 0.3 is 5.97 Å². The number of carboxylic acids is 1. The highest BCUT2D eigenvalue weighted by Crippen LogP contribution is 2.06. The van der Waals surface area contributed by atoms with Crippen LogP contribution in [0.3, 0.4) is 0 Å². The van der Waals surface area contributed by atoms with E-state index in [0.29, 0.717) is 45.7 Å². The minimum atomic E-state index is -0.851. The van der Waals surface area contributed by atoms with Crippen LogP contribution >= 0.6 is 0 Å². The summed E-state index contributed by atoms with van der Waals surface area (Å²) in [5, 5.41) is 11.7. The molecule has 0 bridgehead atoms. The second-order valence-electron chi connectivity index (χ2n) is 4.80. The van der Waals surface area contributed by atoms with Gasteiger partial charge in [0.25, 0.3) is 0 Å². The molecule has 0 radical (unpaired) electrons. The first-order valence-electron chi connectivity index (χ1n) is 7.56. The molecule has 0 aromatic heterocycles. The van der Waals surface area contributed by atoms with E-state index in [4.69, 9.17) is 24.1 Å². The lowest BCUT2D eigenvalue weighted by Crippen LogP contribution is -2.33. The van der Waals surface area contributed by atoms with E-state index in [1.165, 1.54) is 0 Å². The SMILES string of the molecule is O=C(O)CCOCCOCCOCCOC1CCNCC1. The van der Waals surface area contributed by atoms with Crippen molar-refractivity contribution in [3.05, 3.63) is 0 Å². The van der Waals surface area contributed by atoms with Gasteiger partial charge in [-0.3, -0.25) is 4.79 Å². The Morgan fingerprint density at radius 3 is 2.00 bits per heavy atom. The zero-order chi connectivity index (χ0) is 15.2. The lowest BCUT2D eigenvalue weighted by molar-refractivity contribution is -0.138. The number of hydrogen-bond acceptors (Lipinski definition) is 6. The third-order valence-corrected chi connectivity index (χ3v) is 3.07. The molecule has 0 saturated carbocycles. The first kappa shape index (κ1) is 18.3. The molecule has 0 amide bonds. The third kappa shape index (κ3) is 11.6. The van der Waals surface area contributed by atoms with Crippen LogP contribution in [-0.4, -0.2) is 76.5 Å². The van der Waals surface area contributed by atoms with E-state index in [2.05, 4.69) is 5.32 Å². The van der Waals surface area contributed by atoms with Crippen LogP contribution in [0.5, 0.6) is 0 Å². The van der Waals surface area contributed by atoms with Crippen molar-refractivity contribution in [3.63, 3.8) is 0 Å². The fourth-order valence-electron chi connectivity index (χ4n) is 1.94. The number of piperidine rings is 1. The van der Waals surface area contributed by atoms with Crippen molar-refractivity contribution in [1.82, 2.24) is 5.32 Å². The van der Waals surface area contributed by atoms with Gasteiger partial charge in [0.2, 0.25) is 0 Å². The molecule has 21 heavy (non-hydrogen) atoms. The fraction of sp³-hybridized carbons (Fsp3) is 0.929. The molecule has 7 heteroatoms. The van der Waals surface area contributed by atoms with Crippen molar-refractivity contribution in [2.75, 3.05) is 59.3 Å². The Morgan fingerprint density at radius 2 is 1.43 bits per heavy atom. The van der Waals surface area contributed by atoms with E-state index < -0.39 is 5.97 Å². The maximum absolute atomic E-state index is 10.2. The van der Waals surface area contributed by atoms with E-state index in [0.717, 1.165) is 25.9 Å². The van der Waals surface area contributed by atoms with Crippen molar-refractivity contribution in [2.45, 2.75) is 25.4 Å². The Labute approximate surface area is 125 Å². The standard InChI is InChI=1S/C14H27NO6/c16-14(17)3-6-18-7-8-19-9-10-20-11-12-21-13-1-4-15-5-2-13/h13,15H,1-12H2,(H,16,17). The molecule has 7 nitrogen and oxygen atoms in total. The average Bonchev–Trinajstić information content (AvgIpc) is 2.49. The van der Waals surface area contributed by atoms with Crippen molar-refractivity contribution in [3.8, 4) is 0 Å². The lowest BCUT2D eigenvalue weighted by atomic mass is 10.1. The van der Waals surface area contributed by atoms with Crippen LogP contribution in [0, 0.1) is 0 Å². The highest BCUT2D eigenvalue weighted by molar-refractivity contribution is 5.66. The van der Waals surface area contributed by atoms with E-state index >= 15 is 0 Å². The summed E-state index contributed by atoms with van der Waals surface area (Å²) >= 11 is 0. The predicted octanol–water partition coefficient (Wildman–Crippen LogP) is 0.280. The molecule has 2 N–H and O–H groups in total. The zero-order valence-corrected chi connectivity index (χ0v) is 12.6. The number of nitrogens with one attached hydrogen (secondary N) is 1. The van der Waals surface area contributed by atoms with Gasteiger partial charge in [0.05, 0.1) is 58.8 Å². The number of hydrogen-bond donors (Lipinski definition) is 2. The fourth-order valence-corrected chi connectivity index (χ4v) is 1.94. The molecule has 1 heterocycles. The molecule has 1 aliphatic heterocycles. The summed E-state index contributed by atoms with van der Waals surface area (Å²) in [7, 11) is 0. The number of carbonyl (C=O) groups is 1. The Hall–Kier alpha value is -0.730. The summed E-state index contributed by atoms with van der Waals surface area (Å²) in [5.41, 5.74) is 0. The number of ether oxygens (including phenoxy) is 4.